The molecule has 2 heterocycles. The second kappa shape index (κ2) is 5.99. The molecule has 7 heteroatoms. The highest BCUT2D eigenvalue weighted by molar-refractivity contribution is 7.09. The second-order valence-electron chi connectivity index (χ2n) is 3.87. The monoisotopic (exact) mass is 296 g/mol. The maximum absolute atomic E-state index is 12.0. The van der Waals surface area contributed by atoms with Gasteiger partial charge in [0, 0.05) is 24.8 Å². The standard InChI is InChI=1S/C12H13ClN4OS/c1-7(12-15-3-4-19-12)17-11(18)8-5-9(13)10(14-2)16-6-8/h3-7H,1-2H3,(H,14,16)(H,17,18). The van der Waals surface area contributed by atoms with E-state index in [2.05, 4.69) is 20.6 Å². The largest absolute Gasteiger partial charge is 0.372 e. The molecule has 2 aromatic heterocycles. The molecule has 0 radical (unpaired) electrons. The number of rotatable bonds is 4. The van der Waals surface area contributed by atoms with Crippen LogP contribution in [0.3, 0.4) is 0 Å². The molecule has 0 fully saturated rings. The number of hydrogen-bond donors (Lipinski definition) is 2. The maximum Gasteiger partial charge on any atom is 0.253 e. The van der Waals surface area contributed by atoms with Crippen molar-refractivity contribution in [3.05, 3.63) is 39.4 Å². The minimum atomic E-state index is -0.222. The van der Waals surface area contributed by atoms with Crippen molar-refractivity contribution in [2.45, 2.75) is 13.0 Å². The van der Waals surface area contributed by atoms with Gasteiger partial charge in [-0.25, -0.2) is 9.97 Å². The Morgan fingerprint density at radius 2 is 2.26 bits per heavy atom. The summed E-state index contributed by atoms with van der Waals surface area (Å²) in [6.07, 6.45) is 3.20. The second-order valence-corrected chi connectivity index (χ2v) is 5.20. The third-order valence-corrected chi connectivity index (χ3v) is 3.76. The van der Waals surface area contributed by atoms with Crippen LogP contribution in [0.4, 0.5) is 5.82 Å². The molecule has 0 spiro atoms. The Morgan fingerprint density at radius 1 is 1.47 bits per heavy atom. The SMILES string of the molecule is CNc1ncc(C(=O)NC(C)c2nccs2)cc1Cl. The van der Waals surface area contributed by atoms with Gasteiger partial charge in [0.1, 0.15) is 10.8 Å². The van der Waals surface area contributed by atoms with Gasteiger partial charge >= 0.3 is 0 Å². The van der Waals surface area contributed by atoms with Crippen LogP contribution in [0.5, 0.6) is 0 Å². The van der Waals surface area contributed by atoms with E-state index in [9.17, 15) is 4.79 Å². The molecule has 100 valence electrons. The molecule has 2 N–H and O–H groups in total. The van der Waals surface area contributed by atoms with Crippen LogP contribution in [-0.2, 0) is 0 Å². The van der Waals surface area contributed by atoms with Gasteiger partial charge < -0.3 is 10.6 Å². The van der Waals surface area contributed by atoms with E-state index >= 15 is 0 Å². The number of pyridine rings is 1. The normalized spacial score (nSPS) is 11.9. The van der Waals surface area contributed by atoms with E-state index in [1.54, 1.807) is 19.3 Å². The van der Waals surface area contributed by atoms with Crippen LogP contribution < -0.4 is 10.6 Å². The van der Waals surface area contributed by atoms with Crippen LogP contribution in [0.25, 0.3) is 0 Å². The fourth-order valence-corrected chi connectivity index (χ4v) is 2.44. The van der Waals surface area contributed by atoms with Crippen molar-refractivity contribution in [2.24, 2.45) is 0 Å². The number of hydrogen-bond acceptors (Lipinski definition) is 5. The van der Waals surface area contributed by atoms with E-state index in [1.807, 2.05) is 12.3 Å². The Bertz CT molecular complexity index is 573. The summed E-state index contributed by atoms with van der Waals surface area (Å²) in [6, 6.07) is 1.44. The third kappa shape index (κ3) is 3.21. The molecular weight excluding hydrogens is 284 g/mol. The Kier molecular flexibility index (Phi) is 4.34. The molecule has 0 bridgehead atoms. The van der Waals surface area contributed by atoms with Gasteiger partial charge in [0.15, 0.2) is 0 Å². The van der Waals surface area contributed by atoms with Crippen LogP contribution in [0.1, 0.15) is 28.3 Å². The molecule has 2 aromatic rings. The quantitative estimate of drug-likeness (QED) is 0.910. The van der Waals surface area contributed by atoms with Gasteiger partial charge in [-0.1, -0.05) is 11.6 Å². The first-order valence-corrected chi connectivity index (χ1v) is 6.91. The smallest absolute Gasteiger partial charge is 0.253 e. The van der Waals surface area contributed by atoms with E-state index in [-0.39, 0.29) is 11.9 Å². The van der Waals surface area contributed by atoms with Gasteiger partial charge in [0.2, 0.25) is 0 Å². The summed E-state index contributed by atoms with van der Waals surface area (Å²) in [4.78, 5) is 20.3. The van der Waals surface area contributed by atoms with Gasteiger partial charge in [-0.3, -0.25) is 4.79 Å². The lowest BCUT2D eigenvalue weighted by molar-refractivity contribution is 0.0939. The van der Waals surface area contributed by atoms with Gasteiger partial charge in [-0.2, -0.15) is 0 Å². The molecule has 0 aliphatic carbocycles. The number of carbonyl (C=O) groups excluding carboxylic acids is 1. The van der Waals surface area contributed by atoms with E-state index in [0.29, 0.717) is 16.4 Å². The van der Waals surface area contributed by atoms with Crippen molar-refractivity contribution in [3.8, 4) is 0 Å². The van der Waals surface area contributed by atoms with Crippen LogP contribution in [-0.4, -0.2) is 22.9 Å². The van der Waals surface area contributed by atoms with Crippen LogP contribution in [0.15, 0.2) is 23.8 Å². The molecule has 0 aliphatic heterocycles. The number of anilines is 1. The Hall–Kier alpha value is -1.66. The predicted molar refractivity (Wildman–Crippen MR) is 76.8 cm³/mol. The van der Waals surface area contributed by atoms with Gasteiger partial charge in [-0.15, -0.1) is 11.3 Å². The van der Waals surface area contributed by atoms with Gasteiger partial charge in [0.05, 0.1) is 16.6 Å². The lowest BCUT2D eigenvalue weighted by Crippen LogP contribution is -2.26. The lowest BCUT2D eigenvalue weighted by Gasteiger charge is -2.11. The average molecular weight is 297 g/mol. The van der Waals surface area contributed by atoms with Crippen molar-refractivity contribution in [1.29, 1.82) is 0 Å². The lowest BCUT2D eigenvalue weighted by atomic mass is 10.2. The number of carbonyl (C=O) groups is 1. The van der Waals surface area contributed by atoms with Crippen molar-refractivity contribution >= 4 is 34.7 Å². The highest BCUT2D eigenvalue weighted by Crippen LogP contribution is 2.20. The summed E-state index contributed by atoms with van der Waals surface area (Å²) in [7, 11) is 1.72. The molecule has 5 nitrogen and oxygen atoms in total. The first-order valence-electron chi connectivity index (χ1n) is 5.65. The minimum Gasteiger partial charge on any atom is -0.372 e. The van der Waals surface area contributed by atoms with E-state index in [0.717, 1.165) is 5.01 Å². The van der Waals surface area contributed by atoms with Crippen molar-refractivity contribution in [2.75, 3.05) is 12.4 Å². The molecule has 0 aliphatic rings. The molecular formula is C12H13ClN4OS. The van der Waals surface area contributed by atoms with E-state index < -0.39 is 0 Å². The zero-order valence-electron chi connectivity index (χ0n) is 10.5. The molecule has 2 rings (SSSR count). The first kappa shape index (κ1) is 13.8. The number of amides is 1. The molecule has 0 aromatic carbocycles. The highest BCUT2D eigenvalue weighted by Gasteiger charge is 2.14. The summed E-state index contributed by atoms with van der Waals surface area (Å²) >= 11 is 7.49. The van der Waals surface area contributed by atoms with Crippen molar-refractivity contribution < 1.29 is 4.79 Å². The average Bonchev–Trinajstić information content (AvgIpc) is 2.92. The third-order valence-electron chi connectivity index (χ3n) is 2.51. The minimum absolute atomic E-state index is 0.143. The number of halogens is 1. The first-order chi connectivity index (χ1) is 9.11. The Labute approximate surface area is 120 Å². The molecule has 1 amide bonds. The van der Waals surface area contributed by atoms with E-state index in [4.69, 9.17) is 11.6 Å². The van der Waals surface area contributed by atoms with Crippen molar-refractivity contribution in [1.82, 2.24) is 15.3 Å². The summed E-state index contributed by atoms with van der Waals surface area (Å²) < 4.78 is 0. The number of aromatic nitrogens is 2. The molecule has 1 unspecified atom stereocenters. The summed E-state index contributed by atoms with van der Waals surface area (Å²) in [5.41, 5.74) is 0.424. The summed E-state index contributed by atoms with van der Waals surface area (Å²) in [6.45, 7) is 1.88. The fourth-order valence-electron chi connectivity index (χ4n) is 1.54. The predicted octanol–water partition coefficient (Wildman–Crippen LogP) is 2.72. The zero-order valence-corrected chi connectivity index (χ0v) is 12.0. The summed E-state index contributed by atoms with van der Waals surface area (Å²) in [5, 5.41) is 8.84. The highest BCUT2D eigenvalue weighted by atomic mass is 35.5. The van der Waals surface area contributed by atoms with Crippen molar-refractivity contribution in [3.63, 3.8) is 0 Å². The van der Waals surface area contributed by atoms with Gasteiger partial charge in [0.25, 0.3) is 5.91 Å². The number of nitrogens with one attached hydrogen (secondary N) is 2. The van der Waals surface area contributed by atoms with E-state index in [1.165, 1.54) is 17.5 Å². The topological polar surface area (TPSA) is 66.9 Å². The van der Waals surface area contributed by atoms with Gasteiger partial charge in [-0.05, 0) is 13.0 Å². The van der Waals surface area contributed by atoms with Crippen LogP contribution in [0, 0.1) is 0 Å². The zero-order chi connectivity index (χ0) is 13.8. The Balaban J connectivity index is 2.10. The maximum atomic E-state index is 12.0. The number of nitrogens with zero attached hydrogens (tertiary/aromatic N) is 2. The van der Waals surface area contributed by atoms with Crippen LogP contribution in [0.2, 0.25) is 5.02 Å². The number of thiazole rings is 1. The Morgan fingerprint density at radius 3 is 2.84 bits per heavy atom. The molecule has 1 atom stereocenters. The fraction of sp³-hybridized carbons (Fsp3) is 0.250. The molecule has 19 heavy (non-hydrogen) atoms. The van der Waals surface area contributed by atoms with Crippen LogP contribution >= 0.6 is 22.9 Å². The molecule has 0 saturated carbocycles. The molecule has 0 saturated heterocycles. The summed E-state index contributed by atoms with van der Waals surface area (Å²) in [5.74, 6) is 0.325.